The minimum Gasteiger partial charge on any atom is -0.293 e. The molecule has 0 aliphatic heterocycles. The largest absolute Gasteiger partial charge is 0.293 e. The van der Waals surface area contributed by atoms with E-state index in [0.29, 0.717) is 5.92 Å². The molecular formula is C13H17N3O. The van der Waals surface area contributed by atoms with Crippen LogP contribution in [0.2, 0.25) is 0 Å². The Labute approximate surface area is 99.7 Å². The average molecular weight is 231 g/mol. The van der Waals surface area contributed by atoms with Crippen LogP contribution >= 0.6 is 0 Å². The highest BCUT2D eigenvalue weighted by Gasteiger charge is 2.23. The van der Waals surface area contributed by atoms with Crippen molar-refractivity contribution in [1.29, 1.82) is 0 Å². The fraction of sp³-hybridized carbons (Fsp3) is 0.538. The number of hydrogen-bond donors (Lipinski definition) is 1. The smallest absolute Gasteiger partial charge is 0.275 e. The van der Waals surface area contributed by atoms with Crippen molar-refractivity contribution in [3.63, 3.8) is 0 Å². The van der Waals surface area contributed by atoms with Gasteiger partial charge in [0.15, 0.2) is 5.65 Å². The fourth-order valence-electron chi connectivity index (χ4n) is 2.71. The molecule has 2 aromatic heterocycles. The minimum absolute atomic E-state index is 0.0362. The van der Waals surface area contributed by atoms with Crippen molar-refractivity contribution < 1.29 is 0 Å². The molecule has 1 atom stereocenters. The number of hydrogen-bond acceptors (Lipinski definition) is 2. The lowest BCUT2D eigenvalue weighted by Crippen LogP contribution is -2.19. The van der Waals surface area contributed by atoms with Gasteiger partial charge in [-0.1, -0.05) is 6.92 Å². The van der Waals surface area contributed by atoms with Crippen molar-refractivity contribution in [2.75, 3.05) is 0 Å². The Balaban J connectivity index is 2.43. The summed E-state index contributed by atoms with van der Waals surface area (Å²) in [6.07, 6.45) is 3.40. The van der Waals surface area contributed by atoms with Crippen molar-refractivity contribution in [2.24, 2.45) is 0 Å². The molecule has 0 saturated carbocycles. The van der Waals surface area contributed by atoms with Gasteiger partial charge in [-0.25, -0.2) is 9.50 Å². The Hall–Kier alpha value is -1.58. The van der Waals surface area contributed by atoms with E-state index in [0.717, 1.165) is 23.3 Å². The summed E-state index contributed by atoms with van der Waals surface area (Å²) in [7, 11) is 0. The monoisotopic (exact) mass is 231 g/mol. The van der Waals surface area contributed by atoms with Gasteiger partial charge in [0.25, 0.3) is 5.56 Å². The number of nitrogens with one attached hydrogen (secondary N) is 1. The number of H-pyrrole nitrogens is 1. The average Bonchev–Trinajstić information content (AvgIpc) is 2.67. The lowest BCUT2D eigenvalue weighted by Gasteiger charge is -2.16. The summed E-state index contributed by atoms with van der Waals surface area (Å²) in [5, 5.41) is 3.24. The normalized spacial score (nSPS) is 19.6. The van der Waals surface area contributed by atoms with Crippen LogP contribution in [0.15, 0.2) is 4.79 Å². The summed E-state index contributed by atoms with van der Waals surface area (Å²) in [6.45, 7) is 5.95. The summed E-state index contributed by atoms with van der Waals surface area (Å²) < 4.78 is 1.62. The first-order valence-corrected chi connectivity index (χ1v) is 6.20. The minimum atomic E-state index is 0.0362. The van der Waals surface area contributed by atoms with Crippen molar-refractivity contribution in [2.45, 2.75) is 46.0 Å². The molecule has 1 unspecified atom stereocenters. The Morgan fingerprint density at radius 3 is 2.94 bits per heavy atom. The van der Waals surface area contributed by atoms with Crippen LogP contribution in [0.25, 0.3) is 5.65 Å². The Morgan fingerprint density at radius 2 is 2.18 bits per heavy atom. The Kier molecular flexibility index (Phi) is 2.15. The van der Waals surface area contributed by atoms with Crippen LogP contribution in [-0.2, 0) is 6.42 Å². The molecule has 4 heteroatoms. The summed E-state index contributed by atoms with van der Waals surface area (Å²) >= 11 is 0. The third-order valence-corrected chi connectivity index (χ3v) is 3.94. The van der Waals surface area contributed by atoms with Crippen molar-refractivity contribution in [3.8, 4) is 0 Å². The Morgan fingerprint density at radius 1 is 1.41 bits per heavy atom. The second-order valence-corrected chi connectivity index (χ2v) is 5.08. The third-order valence-electron chi connectivity index (χ3n) is 3.94. The number of rotatable bonds is 0. The molecular weight excluding hydrogens is 214 g/mol. The quantitative estimate of drug-likeness (QED) is 0.754. The first-order valence-electron chi connectivity index (χ1n) is 6.20. The molecule has 0 spiro atoms. The number of aryl methyl sites for hydroxylation is 2. The van der Waals surface area contributed by atoms with E-state index in [2.05, 4.69) is 17.0 Å². The van der Waals surface area contributed by atoms with E-state index < -0.39 is 0 Å². The number of nitrogens with zero attached hydrogens (tertiary/aromatic N) is 2. The SMILES string of the molecule is Cc1nc2c3c([nH]n2c(=O)c1C)C(C)CCC3. The van der Waals surface area contributed by atoms with Crippen LogP contribution in [0.1, 0.15) is 48.2 Å². The van der Waals surface area contributed by atoms with Crippen LogP contribution in [0.3, 0.4) is 0 Å². The zero-order valence-electron chi connectivity index (χ0n) is 10.5. The van der Waals surface area contributed by atoms with Crippen molar-refractivity contribution >= 4 is 5.65 Å². The first kappa shape index (κ1) is 10.6. The fourth-order valence-corrected chi connectivity index (χ4v) is 2.71. The third kappa shape index (κ3) is 1.36. The molecule has 0 bridgehead atoms. The van der Waals surface area contributed by atoms with Crippen molar-refractivity contribution in [3.05, 3.63) is 32.9 Å². The van der Waals surface area contributed by atoms with Crippen molar-refractivity contribution in [1.82, 2.24) is 14.6 Å². The molecule has 0 amide bonds. The summed E-state index contributed by atoms with van der Waals surface area (Å²) in [5.74, 6) is 0.500. The van der Waals surface area contributed by atoms with Gasteiger partial charge in [-0.3, -0.25) is 9.89 Å². The molecule has 0 aromatic carbocycles. The molecule has 3 rings (SSSR count). The van der Waals surface area contributed by atoms with Gasteiger partial charge in [-0.05, 0) is 39.0 Å². The molecule has 90 valence electrons. The lowest BCUT2D eigenvalue weighted by molar-refractivity contribution is 0.576. The zero-order chi connectivity index (χ0) is 12.2. The molecule has 0 radical (unpaired) electrons. The van der Waals surface area contributed by atoms with E-state index in [1.165, 1.54) is 24.1 Å². The highest BCUT2D eigenvalue weighted by Crippen LogP contribution is 2.31. The second kappa shape index (κ2) is 3.45. The number of fused-ring (bicyclic) bond motifs is 3. The first-order chi connectivity index (χ1) is 8.09. The van der Waals surface area contributed by atoms with Gasteiger partial charge >= 0.3 is 0 Å². The molecule has 2 heterocycles. The molecule has 4 nitrogen and oxygen atoms in total. The van der Waals surface area contributed by atoms with Crippen LogP contribution in [0.4, 0.5) is 0 Å². The van der Waals surface area contributed by atoms with Crippen LogP contribution in [0, 0.1) is 13.8 Å². The predicted molar refractivity (Wildman–Crippen MR) is 66.6 cm³/mol. The maximum atomic E-state index is 12.2. The Bertz CT molecular complexity index is 651. The van der Waals surface area contributed by atoms with Gasteiger partial charge in [0.2, 0.25) is 0 Å². The van der Waals surface area contributed by atoms with E-state index in [1.54, 1.807) is 4.52 Å². The molecule has 17 heavy (non-hydrogen) atoms. The van der Waals surface area contributed by atoms with E-state index >= 15 is 0 Å². The topological polar surface area (TPSA) is 50.2 Å². The van der Waals surface area contributed by atoms with Gasteiger partial charge in [0, 0.05) is 22.5 Å². The van der Waals surface area contributed by atoms with Crippen LogP contribution < -0.4 is 5.56 Å². The van der Waals surface area contributed by atoms with Gasteiger partial charge < -0.3 is 0 Å². The molecule has 2 aromatic rings. The lowest BCUT2D eigenvalue weighted by atomic mass is 9.89. The molecule has 0 fully saturated rings. The van der Waals surface area contributed by atoms with Gasteiger partial charge in [0.1, 0.15) is 0 Å². The number of aromatic nitrogens is 3. The van der Waals surface area contributed by atoms with Gasteiger partial charge in [0.05, 0.1) is 0 Å². The van der Waals surface area contributed by atoms with Crippen LogP contribution in [0.5, 0.6) is 0 Å². The van der Waals surface area contributed by atoms with E-state index in [4.69, 9.17) is 0 Å². The summed E-state index contributed by atoms with van der Waals surface area (Å²) in [6, 6.07) is 0. The highest BCUT2D eigenvalue weighted by molar-refractivity contribution is 5.53. The standard InChI is InChI=1S/C13H17N3O/c1-7-5-4-6-10-11(7)15-16-12(10)14-9(3)8(2)13(16)17/h7,15H,4-6H2,1-3H3. The van der Waals surface area contributed by atoms with Gasteiger partial charge in [-0.2, -0.15) is 0 Å². The predicted octanol–water partition coefficient (Wildman–Crippen LogP) is 2.08. The number of aromatic amines is 1. The molecule has 1 aliphatic rings. The molecule has 0 saturated heterocycles. The second-order valence-electron chi connectivity index (χ2n) is 5.08. The summed E-state index contributed by atoms with van der Waals surface area (Å²) in [5.41, 5.74) is 4.88. The maximum Gasteiger partial charge on any atom is 0.275 e. The highest BCUT2D eigenvalue weighted by atomic mass is 16.1. The van der Waals surface area contributed by atoms with Crippen LogP contribution in [-0.4, -0.2) is 14.6 Å². The van der Waals surface area contributed by atoms with E-state index in [1.807, 2.05) is 13.8 Å². The zero-order valence-corrected chi connectivity index (χ0v) is 10.5. The molecule has 1 aliphatic carbocycles. The van der Waals surface area contributed by atoms with E-state index in [-0.39, 0.29) is 5.56 Å². The summed E-state index contributed by atoms with van der Waals surface area (Å²) in [4.78, 5) is 16.7. The molecule has 1 N–H and O–H groups in total. The van der Waals surface area contributed by atoms with E-state index in [9.17, 15) is 4.79 Å². The van der Waals surface area contributed by atoms with Gasteiger partial charge in [-0.15, -0.1) is 0 Å². The maximum absolute atomic E-state index is 12.2.